The standard InChI is InChI=1S/C73H49N3.C44H27N5/c1-73(2)65-32-17-16-29-58(65)59-31-18-30-57(70(59)73)54-37-38-67-62(41-54)63-40-51-25-12-13-26-52(51)42-69(63)76(67)68-43-55(39-53-27-14-15-28-56(53)68)72-74-66-45-61(49-23-10-5-11-24-49)60(48-21-8-4-9-22-48)44-64(66)71(75-72)50-35-33-47(34-36-50)46-19-6-3-7-20-46;1-3-9-28(10-4-1)34-18-20-39-37(26-34)38-25-30-13-7-8-14-31(30)27-40(38)49(39)36-19-17-32-23-35(16-15-33(32)24-36)42-41(29-11-5-2-6-12-29)47-43-44(48-42)46-22-21-45-43/h3-45H,1-2H3;1-27H/i;15D,16D,17D,19D,23D,24D. The quantitative estimate of drug-likeness (QED) is 0.128. The maximum absolute atomic E-state index is 9.68. The number of fused-ring (bicyclic) bond motifs is 15. The number of hydrogen-bond acceptors (Lipinski definition) is 6. The van der Waals surface area contributed by atoms with Crippen LogP contribution in [0.25, 0.3) is 232 Å². The largest absolute Gasteiger partial charge is 0.309 e. The van der Waals surface area contributed by atoms with Crippen molar-refractivity contribution in [2.45, 2.75) is 19.3 Å². The smallest absolute Gasteiger partial charge is 0.198 e. The van der Waals surface area contributed by atoms with Gasteiger partial charge < -0.3 is 9.13 Å². The van der Waals surface area contributed by atoms with Crippen LogP contribution in [0.3, 0.4) is 0 Å². The van der Waals surface area contributed by atoms with Gasteiger partial charge in [-0.2, -0.15) is 0 Å². The molecular formula is C117H76N8. The fourth-order valence-corrected chi connectivity index (χ4v) is 19.1. The Bertz CT molecular complexity index is 8870. The van der Waals surface area contributed by atoms with Gasteiger partial charge in [-0.25, -0.2) is 29.9 Å². The summed E-state index contributed by atoms with van der Waals surface area (Å²) < 4.78 is 61.2. The Morgan fingerprint density at radius 2 is 0.720 bits per heavy atom. The van der Waals surface area contributed by atoms with E-state index in [4.69, 9.17) is 19.9 Å². The molecule has 584 valence electrons. The highest BCUT2D eigenvalue weighted by atomic mass is 15.0. The van der Waals surface area contributed by atoms with E-state index in [9.17, 15) is 8.22 Å². The third-order valence-electron chi connectivity index (χ3n) is 25.1. The van der Waals surface area contributed by atoms with Gasteiger partial charge in [-0.15, -0.1) is 0 Å². The molecule has 0 atom stereocenters. The molecule has 0 saturated carbocycles. The molecule has 0 spiro atoms. The zero-order chi connectivity index (χ0) is 88.0. The maximum Gasteiger partial charge on any atom is 0.198 e. The van der Waals surface area contributed by atoms with Crippen molar-refractivity contribution in [3.63, 3.8) is 0 Å². The molecule has 0 amide bonds. The van der Waals surface area contributed by atoms with Crippen LogP contribution in [0, 0.1) is 0 Å². The second kappa shape index (κ2) is 29.5. The van der Waals surface area contributed by atoms with E-state index in [-0.39, 0.29) is 80.7 Å². The Kier molecular flexibility index (Phi) is 15.7. The molecule has 5 aromatic heterocycles. The molecule has 125 heavy (non-hydrogen) atoms. The lowest BCUT2D eigenvalue weighted by molar-refractivity contribution is 0.662. The average Bonchev–Trinajstić information content (AvgIpc) is 1.64. The minimum atomic E-state index is -0.349. The van der Waals surface area contributed by atoms with Gasteiger partial charge in [0.15, 0.2) is 17.1 Å². The fourth-order valence-electron chi connectivity index (χ4n) is 19.1. The van der Waals surface area contributed by atoms with Crippen molar-refractivity contribution in [3.8, 4) is 123 Å². The first-order valence-corrected chi connectivity index (χ1v) is 42.2. The molecule has 0 bridgehead atoms. The van der Waals surface area contributed by atoms with Gasteiger partial charge in [0.1, 0.15) is 0 Å². The van der Waals surface area contributed by atoms with Crippen LogP contribution in [-0.2, 0) is 5.41 Å². The number of hydrogen-bond donors (Lipinski definition) is 0. The molecule has 0 radical (unpaired) electrons. The third-order valence-corrected chi connectivity index (χ3v) is 25.1. The van der Waals surface area contributed by atoms with Crippen LogP contribution < -0.4 is 0 Å². The van der Waals surface area contributed by atoms with Gasteiger partial charge >= 0.3 is 0 Å². The normalized spacial score (nSPS) is 13.0. The van der Waals surface area contributed by atoms with Crippen LogP contribution >= 0.6 is 0 Å². The molecule has 1 aliphatic rings. The maximum atomic E-state index is 9.68. The highest BCUT2D eigenvalue weighted by Gasteiger charge is 2.38. The zero-order valence-electron chi connectivity index (χ0n) is 74.0. The topological polar surface area (TPSA) is 87.2 Å². The van der Waals surface area contributed by atoms with Crippen molar-refractivity contribution in [2.24, 2.45) is 0 Å². The highest BCUT2D eigenvalue weighted by molar-refractivity contribution is 6.18. The number of benzene rings is 19. The molecule has 25 rings (SSSR count). The molecule has 5 heterocycles. The molecule has 8 heteroatoms. The highest BCUT2D eigenvalue weighted by Crippen LogP contribution is 2.53. The summed E-state index contributed by atoms with van der Waals surface area (Å²) in [4.78, 5) is 29.3. The number of rotatable bonds is 11. The lowest BCUT2D eigenvalue weighted by atomic mass is 9.79. The summed E-state index contributed by atoms with van der Waals surface area (Å²) in [5.41, 5.74) is 27.0. The third kappa shape index (κ3) is 12.4. The first kappa shape index (κ1) is 66.4. The van der Waals surface area contributed by atoms with Gasteiger partial charge in [-0.1, -0.05) is 335 Å². The SMILES string of the molecule is CC1(C)c2ccccc2-c2cccc(-c3ccc4c(c3)c3cc5ccccc5cc3n4-c3cc(-c4nc(-c5ccc(-c6ccccc6)cc5)c5cc(-c6ccccc6)c(-c6ccccc6)cc5n4)cc4ccccc34)c21.[2H]c1c(-n2c3ccc(-c4ccccc4)cc3c3cc4ccccc4cc32)c([2H])c2c([2H])c([2H])c(-c3nc4nccnc4nc3-c3ccccc3)c([2H])c2c1[2H]. The first-order chi connectivity index (χ1) is 64.2. The van der Waals surface area contributed by atoms with Crippen LogP contribution in [0.2, 0.25) is 0 Å². The summed E-state index contributed by atoms with van der Waals surface area (Å²) in [6.07, 6.45) is 2.98. The van der Waals surface area contributed by atoms with Gasteiger partial charge in [0, 0.05) is 78.1 Å². The van der Waals surface area contributed by atoms with Crippen LogP contribution in [0.15, 0.2) is 425 Å². The zero-order valence-corrected chi connectivity index (χ0v) is 68.0. The molecule has 0 N–H and O–H groups in total. The van der Waals surface area contributed by atoms with E-state index in [1.54, 1.807) is 0 Å². The lowest BCUT2D eigenvalue weighted by Gasteiger charge is -2.24. The summed E-state index contributed by atoms with van der Waals surface area (Å²) in [5.74, 6) is 0.670. The van der Waals surface area contributed by atoms with Crippen molar-refractivity contribution in [2.75, 3.05) is 0 Å². The molecule has 0 fully saturated rings. The molecule has 0 unspecified atom stereocenters. The van der Waals surface area contributed by atoms with Crippen molar-refractivity contribution < 1.29 is 8.22 Å². The van der Waals surface area contributed by atoms with E-state index in [1.807, 2.05) is 95.6 Å². The molecular weight excluding hydrogens is 1520 g/mol. The minimum Gasteiger partial charge on any atom is -0.309 e. The predicted octanol–water partition coefficient (Wildman–Crippen LogP) is 30.2. The van der Waals surface area contributed by atoms with Crippen molar-refractivity contribution in [1.82, 2.24) is 39.0 Å². The van der Waals surface area contributed by atoms with E-state index < -0.39 is 0 Å². The van der Waals surface area contributed by atoms with Gasteiger partial charge in [0.05, 0.1) is 58.6 Å². The predicted molar refractivity (Wildman–Crippen MR) is 520 cm³/mol. The minimum absolute atomic E-state index is 0.0340. The number of aromatic nitrogens is 8. The first-order valence-electron chi connectivity index (χ1n) is 45.2. The van der Waals surface area contributed by atoms with Crippen LogP contribution in [0.1, 0.15) is 33.2 Å². The van der Waals surface area contributed by atoms with Crippen molar-refractivity contribution in [3.05, 3.63) is 436 Å². The Labute approximate surface area is 730 Å². The molecule has 19 aromatic carbocycles. The summed E-state index contributed by atoms with van der Waals surface area (Å²) in [5, 5.41) is 11.8. The molecule has 24 aromatic rings. The van der Waals surface area contributed by atoms with Crippen LogP contribution in [0.4, 0.5) is 0 Å². The van der Waals surface area contributed by atoms with Gasteiger partial charge in [-0.05, 0) is 207 Å². The summed E-state index contributed by atoms with van der Waals surface area (Å²) in [7, 11) is 0. The Morgan fingerprint density at radius 1 is 0.256 bits per heavy atom. The second-order valence-corrected chi connectivity index (χ2v) is 32.7. The monoisotopic (exact) mass is 1600 g/mol. The molecule has 1 aliphatic carbocycles. The van der Waals surface area contributed by atoms with Crippen LogP contribution in [-0.4, -0.2) is 39.0 Å². The van der Waals surface area contributed by atoms with Crippen molar-refractivity contribution >= 4 is 109 Å². The van der Waals surface area contributed by atoms with Gasteiger partial charge in [0.25, 0.3) is 0 Å². The average molecular weight is 1600 g/mol. The second-order valence-electron chi connectivity index (χ2n) is 32.7. The fraction of sp³-hybridized carbons (Fsp3) is 0.0256. The van der Waals surface area contributed by atoms with E-state index in [0.29, 0.717) is 17.1 Å². The summed E-state index contributed by atoms with van der Waals surface area (Å²) in [6.45, 7) is 4.76. The number of nitrogens with zero attached hydrogens (tertiary/aromatic N) is 8. The molecule has 0 saturated heterocycles. The summed E-state index contributed by atoms with van der Waals surface area (Å²) >= 11 is 0. The molecule has 0 aliphatic heterocycles. The van der Waals surface area contributed by atoms with Crippen LogP contribution in [0.5, 0.6) is 0 Å². The Balaban J connectivity index is 0.000000153. The van der Waals surface area contributed by atoms with E-state index in [0.717, 1.165) is 127 Å². The Morgan fingerprint density at radius 3 is 1.38 bits per heavy atom. The molecule has 8 nitrogen and oxygen atoms in total. The van der Waals surface area contributed by atoms with Gasteiger partial charge in [-0.3, -0.25) is 0 Å². The van der Waals surface area contributed by atoms with Crippen molar-refractivity contribution in [1.29, 1.82) is 0 Å². The van der Waals surface area contributed by atoms with E-state index >= 15 is 0 Å². The van der Waals surface area contributed by atoms with E-state index in [1.165, 1.54) is 72.9 Å². The van der Waals surface area contributed by atoms with E-state index in [2.05, 4.69) is 314 Å². The lowest BCUT2D eigenvalue weighted by Crippen LogP contribution is -2.16. The Hall–Kier alpha value is -16.4. The summed E-state index contributed by atoms with van der Waals surface area (Å²) in [6, 6.07) is 131. The van der Waals surface area contributed by atoms with Gasteiger partial charge in [0.2, 0.25) is 0 Å².